The molecule has 2 N–H and O–H groups in total. The molecule has 0 amide bonds. The second-order valence-corrected chi connectivity index (χ2v) is 13.1. The van der Waals surface area contributed by atoms with E-state index in [4.69, 9.17) is 19.6 Å². The smallest absolute Gasteiger partial charge is 0.319 e. The summed E-state index contributed by atoms with van der Waals surface area (Å²) in [7, 11) is 0. The van der Waals surface area contributed by atoms with Crippen LogP contribution >= 0.6 is 0 Å². The minimum atomic E-state index is -2.48. The topological polar surface area (TPSA) is 80.4 Å². The molecular weight excluding hydrogens is 615 g/mol. The Hall–Kier alpha value is -4.24. The molecule has 4 fully saturated rings. The first-order chi connectivity index (χ1) is 23.4. The third-order valence-electron chi connectivity index (χ3n) is 10.2. The van der Waals surface area contributed by atoms with Crippen molar-refractivity contribution in [3.05, 3.63) is 47.4 Å². The standard InChI is InChI=1S/C35H33F5N6O/c1-2-21-26-18(12-25(37)27(21)38)11-20(41)13-23(26)30-29(40)31-24(15-42-30)33(46-10-5-3-4-7-22-28(39)32(22)46)44-34(43-31)47-17-35-8-6-9-45(35)16-19(36)14-35/h1,11-13,15,19,22,28,32H,3-10,14,16-17,41H2/t19-,22+,28+,32+,35+/m1/s1/i17D2. The first-order valence-electron chi connectivity index (χ1n) is 17.0. The summed E-state index contributed by atoms with van der Waals surface area (Å²) >= 11 is 0. The molecule has 0 radical (unpaired) electrons. The van der Waals surface area contributed by atoms with Gasteiger partial charge < -0.3 is 15.4 Å². The highest BCUT2D eigenvalue weighted by Gasteiger charge is 2.55. The van der Waals surface area contributed by atoms with Crippen LogP contribution in [0.4, 0.5) is 33.5 Å². The molecule has 0 bridgehead atoms. The third-order valence-corrected chi connectivity index (χ3v) is 10.2. The van der Waals surface area contributed by atoms with Crippen molar-refractivity contribution in [3.8, 4) is 29.6 Å². The molecule has 1 aliphatic carbocycles. The van der Waals surface area contributed by atoms with E-state index < -0.39 is 59.5 Å². The van der Waals surface area contributed by atoms with Crippen molar-refractivity contribution in [2.75, 3.05) is 36.8 Å². The van der Waals surface area contributed by atoms with Crippen LogP contribution < -0.4 is 15.4 Å². The zero-order chi connectivity index (χ0) is 34.4. The fourth-order valence-electron chi connectivity index (χ4n) is 7.99. The summed E-state index contributed by atoms with van der Waals surface area (Å²) in [6, 6.07) is 2.62. The lowest BCUT2D eigenvalue weighted by atomic mass is 9.95. The van der Waals surface area contributed by atoms with Crippen molar-refractivity contribution < 1.29 is 29.4 Å². The molecule has 244 valence electrons. The number of hydrogen-bond acceptors (Lipinski definition) is 7. The molecule has 0 unspecified atom stereocenters. The summed E-state index contributed by atoms with van der Waals surface area (Å²) in [5.41, 5.74) is 3.85. The summed E-state index contributed by atoms with van der Waals surface area (Å²) in [5.74, 6) is -1.43. The number of aromatic nitrogens is 3. The maximum absolute atomic E-state index is 17.0. The van der Waals surface area contributed by atoms with E-state index in [9.17, 15) is 13.2 Å². The van der Waals surface area contributed by atoms with Crippen molar-refractivity contribution in [1.82, 2.24) is 19.9 Å². The number of alkyl halides is 2. The minimum Gasteiger partial charge on any atom is -0.461 e. The Kier molecular flexibility index (Phi) is 6.62. The number of anilines is 2. The molecule has 47 heavy (non-hydrogen) atoms. The van der Waals surface area contributed by atoms with Crippen LogP contribution in [0.3, 0.4) is 0 Å². The predicted molar refractivity (Wildman–Crippen MR) is 169 cm³/mol. The Morgan fingerprint density at radius 1 is 1.09 bits per heavy atom. The molecule has 8 rings (SSSR count). The molecule has 5 heterocycles. The van der Waals surface area contributed by atoms with Crippen molar-refractivity contribution in [2.45, 2.75) is 68.9 Å². The average molecular weight is 651 g/mol. The van der Waals surface area contributed by atoms with Gasteiger partial charge in [0.05, 0.1) is 25.3 Å². The second kappa shape index (κ2) is 11.2. The van der Waals surface area contributed by atoms with Gasteiger partial charge in [-0.15, -0.1) is 6.42 Å². The SMILES string of the molecule is [2H]C([2H])(Oc1nc(N2CCCCC[C@H]3[C@H](F)[C@H]32)c2cnc(-c3cc(N)cc4cc(F)c(F)c(C#C)c34)c(F)c2n1)[C@@]12CCCN1C[C@H](F)C2. The van der Waals surface area contributed by atoms with E-state index >= 15 is 8.78 Å². The number of terminal acetylenes is 1. The minimum absolute atomic E-state index is 0.00994. The number of ether oxygens (including phenoxy) is 1. The fraction of sp³-hybridized carbons (Fsp3) is 0.457. The van der Waals surface area contributed by atoms with Gasteiger partial charge >= 0.3 is 6.01 Å². The second-order valence-electron chi connectivity index (χ2n) is 13.1. The summed E-state index contributed by atoms with van der Waals surface area (Å²) in [6.45, 7) is -1.50. The highest BCUT2D eigenvalue weighted by Crippen LogP contribution is 2.48. The van der Waals surface area contributed by atoms with E-state index in [-0.39, 0.29) is 63.3 Å². The first-order valence-corrected chi connectivity index (χ1v) is 16.0. The summed E-state index contributed by atoms with van der Waals surface area (Å²) in [6.07, 6.45) is 8.60. The van der Waals surface area contributed by atoms with E-state index in [0.717, 1.165) is 18.9 Å². The number of nitrogens with two attached hydrogens (primary N) is 1. The van der Waals surface area contributed by atoms with Crippen LogP contribution in [-0.4, -0.2) is 70.0 Å². The number of pyridine rings is 1. The van der Waals surface area contributed by atoms with Gasteiger partial charge in [-0.2, -0.15) is 9.97 Å². The Morgan fingerprint density at radius 2 is 1.94 bits per heavy atom. The number of nitrogens with zero attached hydrogens (tertiary/aromatic N) is 5. The molecule has 5 atom stereocenters. The monoisotopic (exact) mass is 650 g/mol. The lowest BCUT2D eigenvalue weighted by molar-refractivity contribution is 0.107. The first kappa shape index (κ1) is 27.8. The summed E-state index contributed by atoms with van der Waals surface area (Å²) in [4.78, 5) is 16.8. The van der Waals surface area contributed by atoms with Crippen molar-refractivity contribution in [1.29, 1.82) is 0 Å². The van der Waals surface area contributed by atoms with Gasteiger partial charge in [-0.05, 0) is 55.8 Å². The molecule has 3 saturated heterocycles. The Bertz CT molecular complexity index is 2060. The number of rotatable bonds is 5. The van der Waals surface area contributed by atoms with Gasteiger partial charge in [0.15, 0.2) is 17.5 Å². The van der Waals surface area contributed by atoms with Gasteiger partial charge in [-0.25, -0.2) is 22.0 Å². The van der Waals surface area contributed by atoms with E-state index in [1.165, 1.54) is 18.3 Å². The number of halogens is 5. The van der Waals surface area contributed by atoms with Gasteiger partial charge in [0.2, 0.25) is 0 Å². The number of hydrogen-bond donors (Lipinski definition) is 1. The van der Waals surface area contributed by atoms with E-state index in [0.29, 0.717) is 38.8 Å². The average Bonchev–Trinajstić information content (AvgIpc) is 3.30. The molecule has 7 nitrogen and oxygen atoms in total. The molecule has 0 spiro atoms. The van der Waals surface area contributed by atoms with Gasteiger partial charge in [0, 0.05) is 48.3 Å². The molecule has 2 aromatic carbocycles. The normalized spacial score (nSPS) is 28.3. The van der Waals surface area contributed by atoms with Crippen molar-refractivity contribution in [2.24, 2.45) is 5.92 Å². The lowest BCUT2D eigenvalue weighted by Crippen LogP contribution is -2.43. The molecular formula is C35H33F5N6O. The van der Waals surface area contributed by atoms with Crippen LogP contribution in [-0.2, 0) is 0 Å². The highest BCUT2D eigenvalue weighted by atomic mass is 19.2. The number of fused-ring (bicyclic) bond motifs is 4. The van der Waals surface area contributed by atoms with Gasteiger partial charge in [-0.3, -0.25) is 9.88 Å². The molecule has 4 aliphatic rings. The largest absolute Gasteiger partial charge is 0.461 e. The lowest BCUT2D eigenvalue weighted by Gasteiger charge is -2.31. The fourth-order valence-corrected chi connectivity index (χ4v) is 7.99. The number of nitrogen functional groups attached to an aromatic ring is 1. The predicted octanol–water partition coefficient (Wildman–Crippen LogP) is 6.50. The molecule has 12 heteroatoms. The van der Waals surface area contributed by atoms with Crippen LogP contribution in [0.25, 0.3) is 32.9 Å². The molecule has 4 aromatic rings. The van der Waals surface area contributed by atoms with Gasteiger partial charge in [0.25, 0.3) is 0 Å². The van der Waals surface area contributed by atoms with E-state index in [1.54, 1.807) is 9.80 Å². The Balaban J connectivity index is 1.33. The highest BCUT2D eigenvalue weighted by molar-refractivity contribution is 6.04. The quantitative estimate of drug-likeness (QED) is 0.150. The van der Waals surface area contributed by atoms with Gasteiger partial charge in [0.1, 0.15) is 35.9 Å². The zero-order valence-electron chi connectivity index (χ0n) is 27.4. The van der Waals surface area contributed by atoms with E-state index in [2.05, 4.69) is 20.9 Å². The Labute approximate surface area is 271 Å². The maximum Gasteiger partial charge on any atom is 0.319 e. The van der Waals surface area contributed by atoms with Crippen LogP contribution in [0.15, 0.2) is 24.4 Å². The molecule has 2 aromatic heterocycles. The maximum atomic E-state index is 17.0. The van der Waals surface area contributed by atoms with Crippen LogP contribution in [0, 0.1) is 35.7 Å². The van der Waals surface area contributed by atoms with Crippen LogP contribution in [0.2, 0.25) is 0 Å². The molecule has 1 saturated carbocycles. The van der Waals surface area contributed by atoms with Crippen LogP contribution in [0.5, 0.6) is 6.01 Å². The van der Waals surface area contributed by atoms with Crippen molar-refractivity contribution in [3.63, 3.8) is 0 Å². The number of benzene rings is 2. The molecule has 3 aliphatic heterocycles. The third kappa shape index (κ3) is 4.84. The van der Waals surface area contributed by atoms with Gasteiger partial charge in [-0.1, -0.05) is 18.8 Å². The zero-order valence-corrected chi connectivity index (χ0v) is 25.4. The van der Waals surface area contributed by atoms with Crippen molar-refractivity contribution >= 4 is 33.2 Å². The Morgan fingerprint density at radius 3 is 2.77 bits per heavy atom. The summed E-state index contributed by atoms with van der Waals surface area (Å²) < 4.78 is 100. The summed E-state index contributed by atoms with van der Waals surface area (Å²) in [5, 5.41) is 0.262. The van der Waals surface area contributed by atoms with E-state index in [1.807, 2.05) is 0 Å². The van der Waals surface area contributed by atoms with Crippen LogP contribution in [0.1, 0.15) is 53.3 Å².